The van der Waals surface area contributed by atoms with E-state index in [0.717, 1.165) is 23.1 Å². The molecule has 0 unspecified atom stereocenters. The first-order valence-electron chi connectivity index (χ1n) is 10.2. The van der Waals surface area contributed by atoms with Gasteiger partial charge in [0.25, 0.3) is 0 Å². The number of amides is 2. The lowest BCUT2D eigenvalue weighted by molar-refractivity contribution is -0.141. The molecule has 2 atom stereocenters. The van der Waals surface area contributed by atoms with Crippen molar-refractivity contribution in [1.29, 1.82) is 0 Å². The second-order valence-electron chi connectivity index (χ2n) is 7.49. The Morgan fingerprint density at radius 1 is 1.03 bits per heavy atom. The van der Waals surface area contributed by atoms with Crippen LogP contribution in [-0.4, -0.2) is 28.8 Å². The maximum Gasteiger partial charge on any atom is 0.243 e. The summed E-state index contributed by atoms with van der Waals surface area (Å²) in [5, 5.41) is 3.67. The monoisotopic (exact) mass is 414 g/mol. The van der Waals surface area contributed by atoms with Crippen LogP contribution in [0, 0.1) is 6.92 Å². The van der Waals surface area contributed by atoms with Crippen molar-refractivity contribution in [3.63, 3.8) is 0 Å². The Morgan fingerprint density at radius 3 is 2.28 bits per heavy atom. The van der Waals surface area contributed by atoms with E-state index in [4.69, 9.17) is 11.6 Å². The van der Waals surface area contributed by atoms with Gasteiger partial charge in [0.05, 0.1) is 6.42 Å². The number of rotatable bonds is 9. The third kappa shape index (κ3) is 6.60. The van der Waals surface area contributed by atoms with Crippen molar-refractivity contribution in [3.05, 3.63) is 70.2 Å². The number of hydrogen-bond donors (Lipinski definition) is 1. The molecule has 2 rings (SSSR count). The van der Waals surface area contributed by atoms with Crippen LogP contribution < -0.4 is 5.32 Å². The fourth-order valence-corrected chi connectivity index (χ4v) is 3.34. The first kappa shape index (κ1) is 23.0. The van der Waals surface area contributed by atoms with Crippen LogP contribution in [-0.2, 0) is 22.6 Å². The van der Waals surface area contributed by atoms with Crippen LogP contribution in [0.1, 0.15) is 50.3 Å². The van der Waals surface area contributed by atoms with Crippen LogP contribution in [0.3, 0.4) is 0 Å². The van der Waals surface area contributed by atoms with Crippen LogP contribution in [0.25, 0.3) is 0 Å². The third-order valence-electron chi connectivity index (χ3n) is 5.26. The van der Waals surface area contributed by atoms with Gasteiger partial charge in [0, 0.05) is 17.6 Å². The van der Waals surface area contributed by atoms with Crippen molar-refractivity contribution in [2.45, 2.75) is 65.6 Å². The summed E-state index contributed by atoms with van der Waals surface area (Å²) in [5.41, 5.74) is 3.03. The first-order chi connectivity index (χ1) is 13.8. The summed E-state index contributed by atoms with van der Waals surface area (Å²) in [6.45, 7) is 8.39. The van der Waals surface area contributed by atoms with Gasteiger partial charge in [-0.05, 0) is 55.5 Å². The maximum absolute atomic E-state index is 13.3. The molecule has 0 bridgehead atoms. The van der Waals surface area contributed by atoms with Crippen molar-refractivity contribution in [2.75, 3.05) is 0 Å². The molecular weight excluding hydrogens is 384 g/mol. The van der Waals surface area contributed by atoms with Crippen molar-refractivity contribution < 1.29 is 9.59 Å². The fourth-order valence-electron chi connectivity index (χ4n) is 3.21. The molecule has 5 heteroatoms. The van der Waals surface area contributed by atoms with Crippen molar-refractivity contribution in [3.8, 4) is 0 Å². The Kier molecular flexibility index (Phi) is 8.71. The van der Waals surface area contributed by atoms with Gasteiger partial charge < -0.3 is 10.2 Å². The van der Waals surface area contributed by atoms with Gasteiger partial charge in [0.15, 0.2) is 0 Å². The number of benzene rings is 2. The van der Waals surface area contributed by atoms with Crippen molar-refractivity contribution >= 4 is 23.4 Å². The van der Waals surface area contributed by atoms with Gasteiger partial charge in [-0.2, -0.15) is 0 Å². The van der Waals surface area contributed by atoms with Crippen molar-refractivity contribution in [1.82, 2.24) is 10.2 Å². The molecule has 0 aliphatic rings. The molecular formula is C24H31ClN2O2. The highest BCUT2D eigenvalue weighted by Gasteiger charge is 2.29. The van der Waals surface area contributed by atoms with E-state index in [0.29, 0.717) is 18.0 Å². The van der Waals surface area contributed by atoms with Crippen LogP contribution in [0.15, 0.2) is 48.5 Å². The van der Waals surface area contributed by atoms with E-state index < -0.39 is 6.04 Å². The fraction of sp³-hybridized carbons (Fsp3) is 0.417. The highest BCUT2D eigenvalue weighted by Crippen LogP contribution is 2.18. The van der Waals surface area contributed by atoms with E-state index in [2.05, 4.69) is 5.32 Å². The SMILES string of the molecule is CC[C@@H](C)NC(=O)[C@@H](CC)N(Cc1ccccc1C)C(=O)Cc1ccc(Cl)cc1. The number of aryl methyl sites for hydroxylation is 1. The summed E-state index contributed by atoms with van der Waals surface area (Å²) >= 11 is 5.96. The average molecular weight is 415 g/mol. The quantitative estimate of drug-likeness (QED) is 0.633. The largest absolute Gasteiger partial charge is 0.352 e. The topological polar surface area (TPSA) is 49.4 Å². The summed E-state index contributed by atoms with van der Waals surface area (Å²) < 4.78 is 0. The molecule has 0 heterocycles. The van der Waals surface area contributed by atoms with E-state index in [9.17, 15) is 9.59 Å². The normalized spacial score (nSPS) is 12.9. The number of hydrogen-bond acceptors (Lipinski definition) is 2. The number of halogens is 1. The first-order valence-corrected chi connectivity index (χ1v) is 10.6. The Bertz CT molecular complexity index is 820. The van der Waals surface area contributed by atoms with Crippen LogP contribution >= 0.6 is 11.6 Å². The minimum Gasteiger partial charge on any atom is -0.352 e. The molecule has 0 saturated heterocycles. The van der Waals surface area contributed by atoms with Gasteiger partial charge >= 0.3 is 0 Å². The summed E-state index contributed by atoms with van der Waals surface area (Å²) in [6, 6.07) is 14.8. The molecule has 2 aromatic rings. The minimum atomic E-state index is -0.511. The zero-order chi connectivity index (χ0) is 21.4. The predicted octanol–water partition coefficient (Wildman–Crippen LogP) is 4.91. The van der Waals surface area contributed by atoms with Crippen LogP contribution in [0.5, 0.6) is 0 Å². The molecule has 0 radical (unpaired) electrons. The molecule has 0 fully saturated rings. The standard InChI is InChI=1S/C24H31ClN2O2/c1-5-18(4)26-24(29)22(6-2)27(16-20-10-8-7-9-17(20)3)23(28)15-19-11-13-21(25)14-12-19/h7-14,18,22H,5-6,15-16H2,1-4H3,(H,26,29)/t18-,22-/m1/s1. The molecule has 1 N–H and O–H groups in total. The smallest absolute Gasteiger partial charge is 0.243 e. The molecule has 2 aromatic carbocycles. The zero-order valence-electron chi connectivity index (χ0n) is 17.7. The third-order valence-corrected chi connectivity index (χ3v) is 5.51. The Labute approximate surface area is 179 Å². The Hall–Kier alpha value is -2.33. The van der Waals surface area contributed by atoms with E-state index in [1.807, 2.05) is 64.1 Å². The summed E-state index contributed by atoms with van der Waals surface area (Å²) in [5.74, 6) is -0.165. The van der Waals surface area contributed by atoms with Gasteiger partial charge in [-0.1, -0.05) is 61.8 Å². The maximum atomic E-state index is 13.3. The lowest BCUT2D eigenvalue weighted by Crippen LogP contribution is -2.51. The molecule has 4 nitrogen and oxygen atoms in total. The number of nitrogens with one attached hydrogen (secondary N) is 1. The predicted molar refractivity (Wildman–Crippen MR) is 119 cm³/mol. The van der Waals surface area contributed by atoms with E-state index in [1.165, 1.54) is 0 Å². The van der Waals surface area contributed by atoms with Crippen molar-refractivity contribution in [2.24, 2.45) is 0 Å². The van der Waals surface area contributed by atoms with Gasteiger partial charge in [-0.25, -0.2) is 0 Å². The molecule has 2 amide bonds. The molecule has 0 aliphatic heterocycles. The Morgan fingerprint density at radius 2 is 1.69 bits per heavy atom. The lowest BCUT2D eigenvalue weighted by atomic mass is 10.0. The minimum absolute atomic E-state index is 0.0678. The van der Waals surface area contributed by atoms with Crippen LogP contribution in [0.4, 0.5) is 0 Å². The molecule has 0 spiro atoms. The highest BCUT2D eigenvalue weighted by molar-refractivity contribution is 6.30. The number of carbonyl (C=O) groups is 2. The van der Waals surface area contributed by atoms with E-state index in [1.54, 1.807) is 17.0 Å². The molecule has 0 aliphatic carbocycles. The Balaban J connectivity index is 2.30. The van der Waals surface area contributed by atoms with Crippen LogP contribution in [0.2, 0.25) is 5.02 Å². The molecule has 156 valence electrons. The highest BCUT2D eigenvalue weighted by atomic mass is 35.5. The summed E-state index contributed by atoms with van der Waals surface area (Å²) in [6.07, 6.45) is 1.63. The molecule has 0 saturated carbocycles. The van der Waals surface area contributed by atoms with Gasteiger partial charge in [0.2, 0.25) is 11.8 Å². The lowest BCUT2D eigenvalue weighted by Gasteiger charge is -2.32. The summed E-state index contributed by atoms with van der Waals surface area (Å²) in [7, 11) is 0. The zero-order valence-corrected chi connectivity index (χ0v) is 18.5. The van der Waals surface area contributed by atoms with E-state index in [-0.39, 0.29) is 24.3 Å². The second kappa shape index (κ2) is 11.0. The van der Waals surface area contributed by atoms with Gasteiger partial charge in [-0.3, -0.25) is 9.59 Å². The van der Waals surface area contributed by atoms with Gasteiger partial charge in [0.1, 0.15) is 6.04 Å². The molecule has 29 heavy (non-hydrogen) atoms. The second-order valence-corrected chi connectivity index (χ2v) is 7.93. The number of carbonyl (C=O) groups excluding carboxylic acids is 2. The number of nitrogens with zero attached hydrogens (tertiary/aromatic N) is 1. The van der Waals surface area contributed by atoms with Gasteiger partial charge in [-0.15, -0.1) is 0 Å². The van der Waals surface area contributed by atoms with E-state index >= 15 is 0 Å². The molecule has 0 aromatic heterocycles. The summed E-state index contributed by atoms with van der Waals surface area (Å²) in [4.78, 5) is 27.9. The average Bonchev–Trinajstić information content (AvgIpc) is 2.70.